The standard InChI is InChI=1S/C14H14N2O3/c15-12(14(18)19)7-8-5-6-11(13(16)17)10-4-2-1-3-9(8)10/h1-6,12H,7,15H2,(H2,16,17)(H,18,19)/t12-/m0/s1. The zero-order valence-electron chi connectivity index (χ0n) is 10.2. The van der Waals surface area contributed by atoms with Gasteiger partial charge in [0.05, 0.1) is 0 Å². The molecular formula is C14H14N2O3. The molecular weight excluding hydrogens is 244 g/mol. The van der Waals surface area contributed by atoms with Crippen LogP contribution in [0.4, 0.5) is 0 Å². The summed E-state index contributed by atoms with van der Waals surface area (Å²) in [6.45, 7) is 0. The quantitative estimate of drug-likeness (QED) is 0.757. The lowest BCUT2D eigenvalue weighted by Gasteiger charge is -2.11. The molecule has 0 fully saturated rings. The van der Waals surface area contributed by atoms with Gasteiger partial charge < -0.3 is 16.6 Å². The van der Waals surface area contributed by atoms with E-state index in [4.69, 9.17) is 16.6 Å². The van der Waals surface area contributed by atoms with E-state index < -0.39 is 17.9 Å². The van der Waals surface area contributed by atoms with Gasteiger partial charge in [-0.25, -0.2) is 0 Å². The van der Waals surface area contributed by atoms with Crippen LogP contribution in [0.5, 0.6) is 0 Å². The third-order valence-electron chi connectivity index (χ3n) is 3.04. The van der Waals surface area contributed by atoms with Gasteiger partial charge in [0.15, 0.2) is 0 Å². The largest absolute Gasteiger partial charge is 0.480 e. The molecule has 2 aromatic carbocycles. The normalized spacial score (nSPS) is 12.3. The maximum atomic E-state index is 11.4. The van der Waals surface area contributed by atoms with Gasteiger partial charge in [0.25, 0.3) is 0 Å². The van der Waals surface area contributed by atoms with Crippen molar-refractivity contribution in [3.05, 3.63) is 47.5 Å². The molecule has 5 nitrogen and oxygen atoms in total. The molecule has 5 N–H and O–H groups in total. The summed E-state index contributed by atoms with van der Waals surface area (Å²) in [4.78, 5) is 22.2. The van der Waals surface area contributed by atoms with Crippen LogP contribution in [0.1, 0.15) is 15.9 Å². The molecule has 0 saturated carbocycles. The molecule has 0 spiro atoms. The Morgan fingerprint density at radius 1 is 1.11 bits per heavy atom. The van der Waals surface area contributed by atoms with Crippen LogP contribution in [-0.2, 0) is 11.2 Å². The lowest BCUT2D eigenvalue weighted by atomic mass is 9.95. The number of fused-ring (bicyclic) bond motifs is 1. The van der Waals surface area contributed by atoms with Gasteiger partial charge in [0.1, 0.15) is 6.04 Å². The zero-order valence-corrected chi connectivity index (χ0v) is 10.2. The predicted octanol–water partition coefficient (Wildman–Crippen LogP) is 0.893. The van der Waals surface area contributed by atoms with Crippen LogP contribution in [-0.4, -0.2) is 23.0 Å². The highest BCUT2D eigenvalue weighted by Crippen LogP contribution is 2.23. The van der Waals surface area contributed by atoms with Crippen molar-refractivity contribution >= 4 is 22.6 Å². The first-order chi connectivity index (χ1) is 9.00. The van der Waals surface area contributed by atoms with Crippen molar-refractivity contribution in [1.82, 2.24) is 0 Å². The lowest BCUT2D eigenvalue weighted by Crippen LogP contribution is -2.32. The Morgan fingerprint density at radius 2 is 1.74 bits per heavy atom. The fraction of sp³-hybridized carbons (Fsp3) is 0.143. The highest BCUT2D eigenvalue weighted by molar-refractivity contribution is 6.07. The third-order valence-corrected chi connectivity index (χ3v) is 3.04. The van der Waals surface area contributed by atoms with E-state index >= 15 is 0 Å². The SMILES string of the molecule is NC(=O)c1ccc(C[C@H](N)C(=O)O)c2ccccc12. The Kier molecular flexibility index (Phi) is 3.48. The monoisotopic (exact) mass is 258 g/mol. The highest BCUT2D eigenvalue weighted by atomic mass is 16.4. The molecule has 5 heteroatoms. The van der Waals surface area contributed by atoms with E-state index in [0.29, 0.717) is 10.9 Å². The molecule has 0 aliphatic rings. The molecule has 1 atom stereocenters. The van der Waals surface area contributed by atoms with Gasteiger partial charge in [-0.3, -0.25) is 9.59 Å². The summed E-state index contributed by atoms with van der Waals surface area (Å²) in [5, 5.41) is 10.4. The molecule has 0 aromatic heterocycles. The van der Waals surface area contributed by atoms with Gasteiger partial charge in [-0.05, 0) is 28.8 Å². The Morgan fingerprint density at radius 3 is 2.32 bits per heavy atom. The third kappa shape index (κ3) is 2.56. The van der Waals surface area contributed by atoms with Crippen LogP contribution in [0.2, 0.25) is 0 Å². The Balaban J connectivity index is 2.55. The van der Waals surface area contributed by atoms with Crippen molar-refractivity contribution in [3.8, 4) is 0 Å². The number of benzene rings is 2. The van der Waals surface area contributed by atoms with Crippen molar-refractivity contribution in [1.29, 1.82) is 0 Å². The van der Waals surface area contributed by atoms with Gasteiger partial charge in [-0.1, -0.05) is 30.3 Å². The minimum absolute atomic E-state index is 0.203. The van der Waals surface area contributed by atoms with Gasteiger partial charge in [-0.2, -0.15) is 0 Å². The Labute approximate surface area is 109 Å². The van der Waals surface area contributed by atoms with E-state index in [-0.39, 0.29) is 6.42 Å². The number of primary amides is 1. The molecule has 19 heavy (non-hydrogen) atoms. The first kappa shape index (κ1) is 13.0. The van der Waals surface area contributed by atoms with Crippen LogP contribution in [0.15, 0.2) is 36.4 Å². The number of nitrogens with two attached hydrogens (primary N) is 2. The summed E-state index contributed by atoms with van der Waals surface area (Å²) in [6, 6.07) is 9.57. The van der Waals surface area contributed by atoms with Crippen LogP contribution < -0.4 is 11.5 Å². The van der Waals surface area contributed by atoms with Gasteiger partial charge >= 0.3 is 5.97 Å². The van der Waals surface area contributed by atoms with Gasteiger partial charge in [-0.15, -0.1) is 0 Å². The molecule has 2 rings (SSSR count). The number of carboxylic acids is 1. The second kappa shape index (κ2) is 5.07. The van der Waals surface area contributed by atoms with Gasteiger partial charge in [0.2, 0.25) is 5.91 Å². The zero-order chi connectivity index (χ0) is 14.0. The summed E-state index contributed by atoms with van der Waals surface area (Å²) in [6.07, 6.45) is 0.203. The molecule has 0 aliphatic carbocycles. The van der Waals surface area contributed by atoms with E-state index in [0.717, 1.165) is 10.9 Å². The Hall–Kier alpha value is -2.40. The van der Waals surface area contributed by atoms with Crippen LogP contribution in [0.3, 0.4) is 0 Å². The number of hydrogen-bond acceptors (Lipinski definition) is 3. The van der Waals surface area contributed by atoms with Crippen molar-refractivity contribution in [2.75, 3.05) is 0 Å². The predicted molar refractivity (Wildman–Crippen MR) is 71.8 cm³/mol. The molecule has 0 saturated heterocycles. The topological polar surface area (TPSA) is 106 Å². The first-order valence-electron chi connectivity index (χ1n) is 5.79. The van der Waals surface area contributed by atoms with Gasteiger partial charge in [0, 0.05) is 5.56 Å². The average molecular weight is 258 g/mol. The number of hydrogen-bond donors (Lipinski definition) is 3. The fourth-order valence-electron chi connectivity index (χ4n) is 2.08. The van der Waals surface area contributed by atoms with E-state index in [1.54, 1.807) is 24.3 Å². The molecule has 0 heterocycles. The van der Waals surface area contributed by atoms with Crippen LogP contribution in [0, 0.1) is 0 Å². The number of aliphatic carboxylic acids is 1. The maximum Gasteiger partial charge on any atom is 0.320 e. The van der Waals surface area contributed by atoms with Crippen molar-refractivity contribution < 1.29 is 14.7 Å². The molecule has 98 valence electrons. The van der Waals surface area contributed by atoms with Crippen LogP contribution in [0.25, 0.3) is 10.8 Å². The molecule has 0 radical (unpaired) electrons. The minimum Gasteiger partial charge on any atom is -0.480 e. The molecule has 0 unspecified atom stereocenters. The lowest BCUT2D eigenvalue weighted by molar-refractivity contribution is -0.138. The van der Waals surface area contributed by atoms with Crippen molar-refractivity contribution in [2.45, 2.75) is 12.5 Å². The number of rotatable bonds is 4. The number of carboxylic acid groups (broad SMARTS) is 1. The molecule has 1 amide bonds. The number of carbonyl (C=O) groups excluding carboxylic acids is 1. The summed E-state index contributed by atoms with van der Waals surface area (Å²) in [5.41, 5.74) is 12.1. The smallest absolute Gasteiger partial charge is 0.320 e. The number of carbonyl (C=O) groups is 2. The van der Waals surface area contributed by atoms with E-state index in [1.807, 2.05) is 12.1 Å². The summed E-state index contributed by atoms with van der Waals surface area (Å²) in [7, 11) is 0. The first-order valence-corrected chi connectivity index (χ1v) is 5.79. The highest BCUT2D eigenvalue weighted by Gasteiger charge is 2.15. The Bertz CT molecular complexity index is 652. The summed E-state index contributed by atoms with van der Waals surface area (Å²) in [5.74, 6) is -1.56. The fourth-order valence-corrected chi connectivity index (χ4v) is 2.08. The van der Waals surface area contributed by atoms with E-state index in [2.05, 4.69) is 0 Å². The molecule has 0 bridgehead atoms. The van der Waals surface area contributed by atoms with Crippen molar-refractivity contribution in [3.63, 3.8) is 0 Å². The minimum atomic E-state index is -1.05. The van der Waals surface area contributed by atoms with Crippen molar-refractivity contribution in [2.24, 2.45) is 11.5 Å². The second-order valence-electron chi connectivity index (χ2n) is 4.33. The summed E-state index contributed by atoms with van der Waals surface area (Å²) >= 11 is 0. The maximum absolute atomic E-state index is 11.4. The average Bonchev–Trinajstić information content (AvgIpc) is 2.38. The van der Waals surface area contributed by atoms with E-state index in [1.165, 1.54) is 0 Å². The molecule has 0 aliphatic heterocycles. The molecule has 2 aromatic rings. The second-order valence-corrected chi connectivity index (χ2v) is 4.33. The number of amides is 1. The summed E-state index contributed by atoms with van der Waals surface area (Å²) < 4.78 is 0. The van der Waals surface area contributed by atoms with Crippen LogP contribution >= 0.6 is 0 Å². The van der Waals surface area contributed by atoms with E-state index in [9.17, 15) is 9.59 Å².